The van der Waals surface area contributed by atoms with Gasteiger partial charge in [-0.25, -0.2) is 4.39 Å². The number of carbonyl (C=O) groups excluding carboxylic acids is 5. The summed E-state index contributed by atoms with van der Waals surface area (Å²) in [6.07, 6.45) is 0.443. The number of hydrogen-bond acceptors (Lipinski definition) is 7. The molecule has 13 heteroatoms. The third-order valence-corrected chi connectivity index (χ3v) is 8.13. The Kier molecular flexibility index (Phi) is 14.3. The summed E-state index contributed by atoms with van der Waals surface area (Å²) in [6.45, 7) is 3.95. The molecular formula is C38H46FN5O7. The summed E-state index contributed by atoms with van der Waals surface area (Å²) in [6, 6.07) is 18.6. The highest BCUT2D eigenvalue weighted by atomic mass is 19.1. The van der Waals surface area contributed by atoms with Crippen LogP contribution in [0.25, 0.3) is 0 Å². The number of carbonyl (C=O) groups is 5. The quantitative estimate of drug-likeness (QED) is 0.250. The van der Waals surface area contributed by atoms with Gasteiger partial charge in [-0.05, 0) is 60.7 Å². The molecule has 3 atom stereocenters. The van der Waals surface area contributed by atoms with Crippen LogP contribution in [-0.4, -0.2) is 85.9 Å². The largest absolute Gasteiger partial charge is 0.492 e. The van der Waals surface area contributed by atoms with Gasteiger partial charge in [-0.3, -0.25) is 24.0 Å². The summed E-state index contributed by atoms with van der Waals surface area (Å²) in [5, 5.41) is 11.2. The standard InChI is InChI=1S/C38H46FN5O7/c1-25(2)21-28-24-51-33-12-8-7-11-30(33)36(47)43-31(37(48)40-19-20-50-29-15-13-27(39)14-16-29)17-18-34(45)42-32(22-26-9-5-4-6-10-26)38(49)44(3)23-35(46)41-28/h4-16,25,28,31-32H,17-24H2,1-3H3,(H,40,48)(H,41,46)(H,42,45)(H,43,47)/t28-,31-,32-/m0/s1. The average molecular weight is 704 g/mol. The first-order chi connectivity index (χ1) is 24.5. The molecule has 0 spiro atoms. The SMILES string of the molecule is CC(C)C[C@H]1COc2ccccc2C(=O)N[C@H](C(=O)NCCOc2ccc(F)cc2)CCC(=O)N[C@@H](Cc2ccccc2)C(=O)N(C)CC(=O)N1. The Morgan fingerprint density at radius 1 is 0.941 bits per heavy atom. The molecule has 3 aromatic carbocycles. The minimum absolute atomic E-state index is 0.0521. The van der Waals surface area contributed by atoms with Crippen molar-refractivity contribution in [2.24, 2.45) is 5.92 Å². The van der Waals surface area contributed by atoms with Crippen LogP contribution in [0.3, 0.4) is 0 Å². The number of para-hydroxylation sites is 1. The van der Waals surface area contributed by atoms with Crippen molar-refractivity contribution in [2.45, 2.75) is 57.7 Å². The summed E-state index contributed by atoms with van der Waals surface area (Å²) >= 11 is 0. The second-order valence-electron chi connectivity index (χ2n) is 12.9. The molecule has 0 saturated carbocycles. The van der Waals surface area contributed by atoms with Crippen LogP contribution >= 0.6 is 0 Å². The number of nitrogens with zero attached hydrogens (tertiary/aromatic N) is 1. The molecular weight excluding hydrogens is 657 g/mol. The average Bonchev–Trinajstić information content (AvgIpc) is 3.10. The third kappa shape index (κ3) is 12.4. The molecule has 4 rings (SSSR count). The van der Waals surface area contributed by atoms with Crippen molar-refractivity contribution in [2.75, 3.05) is 33.4 Å². The maximum absolute atomic E-state index is 13.7. The van der Waals surface area contributed by atoms with Gasteiger partial charge in [-0.2, -0.15) is 0 Å². The lowest BCUT2D eigenvalue weighted by molar-refractivity contribution is -0.138. The summed E-state index contributed by atoms with van der Waals surface area (Å²) in [7, 11) is 1.50. The minimum atomic E-state index is -1.14. The lowest BCUT2D eigenvalue weighted by Crippen LogP contribution is -2.52. The maximum Gasteiger partial charge on any atom is 0.255 e. The van der Waals surface area contributed by atoms with E-state index < -0.39 is 53.5 Å². The number of hydrogen-bond donors (Lipinski definition) is 4. The summed E-state index contributed by atoms with van der Waals surface area (Å²) < 4.78 is 24.9. The number of halogens is 1. The molecule has 3 aromatic rings. The molecule has 0 unspecified atom stereocenters. The highest BCUT2D eigenvalue weighted by Crippen LogP contribution is 2.20. The molecule has 0 radical (unpaired) electrons. The first-order valence-electron chi connectivity index (χ1n) is 17.0. The van der Waals surface area contributed by atoms with Crippen LogP contribution in [0.5, 0.6) is 11.5 Å². The lowest BCUT2D eigenvalue weighted by Gasteiger charge is -2.27. The van der Waals surface area contributed by atoms with E-state index in [4.69, 9.17) is 9.47 Å². The van der Waals surface area contributed by atoms with E-state index in [-0.39, 0.29) is 62.8 Å². The van der Waals surface area contributed by atoms with Gasteiger partial charge in [0.1, 0.15) is 42.6 Å². The highest BCUT2D eigenvalue weighted by molar-refractivity contribution is 6.00. The van der Waals surface area contributed by atoms with E-state index in [0.717, 1.165) is 5.56 Å². The van der Waals surface area contributed by atoms with Gasteiger partial charge in [-0.15, -0.1) is 0 Å². The Hall–Kier alpha value is -5.46. The molecule has 1 heterocycles. The maximum atomic E-state index is 13.7. The zero-order valence-electron chi connectivity index (χ0n) is 29.2. The van der Waals surface area contributed by atoms with E-state index in [1.807, 2.05) is 44.2 Å². The number of ether oxygens (including phenoxy) is 2. The van der Waals surface area contributed by atoms with E-state index in [2.05, 4.69) is 21.3 Å². The van der Waals surface area contributed by atoms with Crippen molar-refractivity contribution < 1.29 is 37.8 Å². The molecule has 0 aromatic heterocycles. The fraction of sp³-hybridized carbons (Fsp3) is 0.395. The minimum Gasteiger partial charge on any atom is -0.492 e. The number of benzene rings is 3. The predicted octanol–water partition coefficient (Wildman–Crippen LogP) is 3.01. The first-order valence-corrected chi connectivity index (χ1v) is 17.0. The normalized spacial score (nSPS) is 19.4. The summed E-state index contributed by atoms with van der Waals surface area (Å²) in [5.41, 5.74) is 0.972. The number of amides is 5. The molecule has 5 amide bonds. The van der Waals surface area contributed by atoms with Gasteiger partial charge in [0.05, 0.1) is 24.7 Å². The van der Waals surface area contributed by atoms with Crippen molar-refractivity contribution in [3.05, 3.63) is 95.8 Å². The van der Waals surface area contributed by atoms with Crippen LogP contribution in [0.1, 0.15) is 49.0 Å². The molecule has 51 heavy (non-hydrogen) atoms. The van der Waals surface area contributed by atoms with Crippen LogP contribution in [0, 0.1) is 11.7 Å². The molecule has 4 N–H and O–H groups in total. The second-order valence-corrected chi connectivity index (χ2v) is 12.9. The van der Waals surface area contributed by atoms with Gasteiger partial charge in [-0.1, -0.05) is 56.3 Å². The van der Waals surface area contributed by atoms with Crippen LogP contribution < -0.4 is 30.7 Å². The van der Waals surface area contributed by atoms with Gasteiger partial charge in [0.25, 0.3) is 5.91 Å². The molecule has 12 nitrogen and oxygen atoms in total. The van der Waals surface area contributed by atoms with Crippen LogP contribution in [0.2, 0.25) is 0 Å². The van der Waals surface area contributed by atoms with E-state index in [1.54, 1.807) is 24.3 Å². The number of fused-ring (bicyclic) bond motifs is 1. The Bertz CT molecular complexity index is 1640. The third-order valence-electron chi connectivity index (χ3n) is 8.13. The van der Waals surface area contributed by atoms with E-state index in [9.17, 15) is 28.4 Å². The van der Waals surface area contributed by atoms with E-state index in [1.165, 1.54) is 36.2 Å². The van der Waals surface area contributed by atoms with Crippen LogP contribution in [-0.2, 0) is 25.6 Å². The fourth-order valence-electron chi connectivity index (χ4n) is 5.63. The Morgan fingerprint density at radius 3 is 2.37 bits per heavy atom. The van der Waals surface area contributed by atoms with E-state index >= 15 is 0 Å². The van der Waals surface area contributed by atoms with Crippen molar-refractivity contribution in [1.29, 1.82) is 0 Å². The van der Waals surface area contributed by atoms with Gasteiger partial charge in [0.2, 0.25) is 23.6 Å². The van der Waals surface area contributed by atoms with Crippen LogP contribution in [0.4, 0.5) is 4.39 Å². The summed E-state index contributed by atoms with van der Waals surface area (Å²) in [4.78, 5) is 68.5. The molecule has 0 bridgehead atoms. The zero-order valence-corrected chi connectivity index (χ0v) is 29.2. The highest BCUT2D eigenvalue weighted by Gasteiger charge is 2.29. The van der Waals surface area contributed by atoms with Gasteiger partial charge < -0.3 is 35.6 Å². The summed E-state index contributed by atoms with van der Waals surface area (Å²) in [5.74, 6) is -2.06. The van der Waals surface area contributed by atoms with Crippen molar-refractivity contribution in [1.82, 2.24) is 26.2 Å². The first kappa shape index (κ1) is 38.3. The van der Waals surface area contributed by atoms with E-state index in [0.29, 0.717) is 12.2 Å². The van der Waals surface area contributed by atoms with Gasteiger partial charge >= 0.3 is 0 Å². The monoisotopic (exact) mass is 703 g/mol. The molecule has 1 aliphatic heterocycles. The van der Waals surface area contributed by atoms with Gasteiger partial charge in [0.15, 0.2) is 0 Å². The smallest absolute Gasteiger partial charge is 0.255 e. The Balaban J connectivity index is 1.57. The van der Waals surface area contributed by atoms with Crippen molar-refractivity contribution >= 4 is 29.5 Å². The number of rotatable bonds is 9. The second kappa shape index (κ2) is 19.1. The fourth-order valence-corrected chi connectivity index (χ4v) is 5.63. The zero-order chi connectivity index (χ0) is 36.8. The molecule has 0 aliphatic carbocycles. The topological polar surface area (TPSA) is 155 Å². The molecule has 0 saturated heterocycles. The Labute approximate surface area is 297 Å². The Morgan fingerprint density at radius 2 is 1.65 bits per heavy atom. The molecule has 272 valence electrons. The van der Waals surface area contributed by atoms with Crippen molar-refractivity contribution in [3.8, 4) is 11.5 Å². The van der Waals surface area contributed by atoms with Crippen LogP contribution in [0.15, 0.2) is 78.9 Å². The number of likely N-dealkylation sites (N-methyl/N-ethyl adjacent to an activating group) is 1. The van der Waals surface area contributed by atoms with Crippen molar-refractivity contribution in [3.63, 3.8) is 0 Å². The predicted molar refractivity (Wildman–Crippen MR) is 188 cm³/mol. The van der Waals surface area contributed by atoms with Gasteiger partial charge in [0, 0.05) is 19.9 Å². The molecule has 0 fully saturated rings. The lowest BCUT2D eigenvalue weighted by atomic mass is 10.0. The molecule has 1 aliphatic rings. The number of nitrogens with one attached hydrogen (secondary N) is 4.